The molecule has 0 aromatic heterocycles. The van der Waals surface area contributed by atoms with Crippen molar-refractivity contribution in [2.24, 2.45) is 10.8 Å². The van der Waals surface area contributed by atoms with Gasteiger partial charge in [-0.2, -0.15) is 0 Å². The van der Waals surface area contributed by atoms with Crippen LogP contribution in [0.15, 0.2) is 29.8 Å². The molecule has 0 fully saturated rings. The summed E-state index contributed by atoms with van der Waals surface area (Å²) in [6, 6.07) is 5.37. The van der Waals surface area contributed by atoms with Gasteiger partial charge < -0.3 is 9.84 Å². The zero-order chi connectivity index (χ0) is 17.4. The molecular weight excluding hydrogens is 288 g/mol. The van der Waals surface area contributed by atoms with Crippen LogP contribution in [0.25, 0.3) is 0 Å². The maximum atomic E-state index is 12.9. The lowest BCUT2D eigenvalue weighted by Gasteiger charge is -2.38. The molecule has 126 valence electrons. The number of esters is 1. The number of carbonyl (C=O) groups is 1. The Bertz CT molecular complexity index is 633. The molecule has 0 radical (unpaired) electrons. The maximum absolute atomic E-state index is 12.9. The highest BCUT2D eigenvalue weighted by atomic mass is 16.5. The van der Waals surface area contributed by atoms with E-state index in [9.17, 15) is 9.90 Å². The van der Waals surface area contributed by atoms with Crippen LogP contribution in [0.5, 0.6) is 5.75 Å². The summed E-state index contributed by atoms with van der Waals surface area (Å²) >= 11 is 0. The van der Waals surface area contributed by atoms with Gasteiger partial charge in [-0.05, 0) is 49.4 Å². The van der Waals surface area contributed by atoms with Gasteiger partial charge in [-0.3, -0.25) is 4.79 Å². The number of aromatic hydroxyl groups is 1. The summed E-state index contributed by atoms with van der Waals surface area (Å²) in [5, 5.41) is 9.58. The van der Waals surface area contributed by atoms with Crippen LogP contribution in [0.3, 0.4) is 0 Å². The normalized spacial score (nSPS) is 19.7. The summed E-state index contributed by atoms with van der Waals surface area (Å²) in [5.74, 6) is 0.0908. The van der Waals surface area contributed by atoms with E-state index in [2.05, 4.69) is 20.8 Å². The first kappa shape index (κ1) is 17.6. The van der Waals surface area contributed by atoms with Crippen LogP contribution < -0.4 is 0 Å². The first-order valence-corrected chi connectivity index (χ1v) is 8.21. The third-order valence-corrected chi connectivity index (χ3v) is 4.92. The van der Waals surface area contributed by atoms with Crippen molar-refractivity contribution in [3.8, 4) is 5.75 Å². The Hall–Kier alpha value is -1.77. The number of rotatable bonds is 3. The summed E-state index contributed by atoms with van der Waals surface area (Å²) in [6.07, 6.45) is 3.26. The van der Waals surface area contributed by atoms with Gasteiger partial charge in [0.25, 0.3) is 0 Å². The minimum Gasteiger partial charge on any atom is -0.508 e. The lowest BCUT2D eigenvalue weighted by atomic mass is 9.67. The quantitative estimate of drug-likeness (QED) is 0.663. The van der Waals surface area contributed by atoms with Gasteiger partial charge in [-0.1, -0.05) is 38.5 Å². The monoisotopic (exact) mass is 316 g/mol. The maximum Gasteiger partial charge on any atom is 0.316 e. The molecule has 0 aliphatic heterocycles. The predicted octanol–water partition coefficient (Wildman–Crippen LogP) is 4.42. The van der Waals surface area contributed by atoms with Gasteiger partial charge in [0.15, 0.2) is 0 Å². The van der Waals surface area contributed by atoms with Gasteiger partial charge in [-0.15, -0.1) is 0 Å². The second-order valence-electron chi connectivity index (χ2n) is 8.06. The molecule has 0 saturated heterocycles. The largest absolute Gasteiger partial charge is 0.508 e. The average Bonchev–Trinajstić information content (AvgIpc) is 2.77. The highest BCUT2D eigenvalue weighted by Crippen LogP contribution is 2.42. The van der Waals surface area contributed by atoms with Crippen LogP contribution in [-0.4, -0.2) is 17.2 Å². The van der Waals surface area contributed by atoms with Gasteiger partial charge in [0, 0.05) is 12.8 Å². The first-order valence-electron chi connectivity index (χ1n) is 8.21. The molecule has 1 aliphatic rings. The van der Waals surface area contributed by atoms with E-state index in [1.165, 1.54) is 0 Å². The van der Waals surface area contributed by atoms with Crippen LogP contribution >= 0.6 is 0 Å². The molecule has 1 N–H and O–H groups in total. The lowest BCUT2D eigenvalue weighted by Crippen LogP contribution is -2.42. The van der Waals surface area contributed by atoms with E-state index in [1.807, 2.05) is 32.9 Å². The number of allylic oxidation sites excluding steroid dienone is 1. The minimum atomic E-state index is -0.664. The van der Waals surface area contributed by atoms with E-state index >= 15 is 0 Å². The van der Waals surface area contributed by atoms with Crippen LogP contribution in [-0.2, 0) is 22.4 Å². The number of carbonyl (C=O) groups excluding carboxylic acids is 1. The summed E-state index contributed by atoms with van der Waals surface area (Å²) in [4.78, 5) is 12.9. The molecule has 2 rings (SSSR count). The Labute approximate surface area is 139 Å². The van der Waals surface area contributed by atoms with Crippen molar-refractivity contribution < 1.29 is 14.6 Å². The summed E-state index contributed by atoms with van der Waals surface area (Å²) < 4.78 is 5.86. The number of phenols is 1. The molecule has 23 heavy (non-hydrogen) atoms. The zero-order valence-electron chi connectivity index (χ0n) is 15.1. The Kier molecular flexibility index (Phi) is 4.61. The highest BCUT2D eigenvalue weighted by molar-refractivity contribution is 5.80. The van der Waals surface area contributed by atoms with E-state index in [4.69, 9.17) is 4.74 Å². The molecule has 1 aromatic carbocycles. The average molecular weight is 316 g/mol. The smallest absolute Gasteiger partial charge is 0.316 e. The van der Waals surface area contributed by atoms with Crippen molar-refractivity contribution in [3.63, 3.8) is 0 Å². The topological polar surface area (TPSA) is 46.5 Å². The van der Waals surface area contributed by atoms with Crippen LogP contribution in [0, 0.1) is 10.8 Å². The summed E-state index contributed by atoms with van der Waals surface area (Å²) in [6.45, 7) is 12.2. The predicted molar refractivity (Wildman–Crippen MR) is 92.4 cm³/mol. The number of fused-ring (bicyclic) bond motifs is 1. The number of hydrogen-bond donors (Lipinski definition) is 1. The molecule has 0 saturated carbocycles. The number of ether oxygens (including phenoxy) is 1. The zero-order valence-corrected chi connectivity index (χ0v) is 15.1. The Balaban J connectivity index is 2.17. The fourth-order valence-corrected chi connectivity index (χ4v) is 3.08. The van der Waals surface area contributed by atoms with Crippen molar-refractivity contribution in [1.29, 1.82) is 0 Å². The highest BCUT2D eigenvalue weighted by Gasteiger charge is 2.45. The van der Waals surface area contributed by atoms with Gasteiger partial charge in [0.1, 0.15) is 11.9 Å². The van der Waals surface area contributed by atoms with E-state index in [1.54, 1.807) is 12.1 Å². The standard InChI is InChI=1S/C20H28O3/c1-13(2)12-20(6,19(3,4)5)18(22)23-17-10-14-7-8-16(21)9-15(14)11-17/h7-9,12,17,21H,10-11H2,1-6H3. The molecule has 0 spiro atoms. The van der Waals surface area contributed by atoms with Gasteiger partial charge in [0.05, 0.1) is 5.41 Å². The second-order valence-corrected chi connectivity index (χ2v) is 8.06. The van der Waals surface area contributed by atoms with Gasteiger partial charge in [0.2, 0.25) is 0 Å². The Morgan fingerprint density at radius 2 is 1.78 bits per heavy atom. The van der Waals surface area contributed by atoms with Gasteiger partial charge >= 0.3 is 5.97 Å². The number of benzene rings is 1. The molecular formula is C20H28O3. The van der Waals surface area contributed by atoms with E-state index in [0.29, 0.717) is 6.42 Å². The molecule has 1 aromatic rings. The second kappa shape index (κ2) is 6.03. The third kappa shape index (κ3) is 3.60. The van der Waals surface area contributed by atoms with Crippen molar-refractivity contribution in [3.05, 3.63) is 41.0 Å². The molecule has 1 aliphatic carbocycles. The van der Waals surface area contributed by atoms with Crippen LogP contribution in [0.4, 0.5) is 0 Å². The van der Waals surface area contributed by atoms with Crippen molar-refractivity contribution in [1.82, 2.24) is 0 Å². The fraction of sp³-hybridized carbons (Fsp3) is 0.550. The molecule has 2 unspecified atom stereocenters. The van der Waals surface area contributed by atoms with Crippen LogP contribution in [0.1, 0.15) is 52.7 Å². The third-order valence-electron chi connectivity index (χ3n) is 4.92. The molecule has 0 heterocycles. The van der Waals surface area contributed by atoms with E-state index in [0.717, 1.165) is 23.1 Å². The minimum absolute atomic E-state index is 0.147. The fourth-order valence-electron chi connectivity index (χ4n) is 3.08. The van der Waals surface area contributed by atoms with E-state index < -0.39 is 5.41 Å². The summed E-state index contributed by atoms with van der Waals surface area (Å²) in [7, 11) is 0. The lowest BCUT2D eigenvalue weighted by molar-refractivity contribution is -0.162. The molecule has 3 nitrogen and oxygen atoms in total. The van der Waals surface area contributed by atoms with Crippen molar-refractivity contribution in [2.45, 2.75) is 60.5 Å². The molecule has 0 bridgehead atoms. The molecule has 0 amide bonds. The van der Waals surface area contributed by atoms with Crippen molar-refractivity contribution >= 4 is 5.97 Å². The Morgan fingerprint density at radius 1 is 1.17 bits per heavy atom. The summed E-state index contributed by atoms with van der Waals surface area (Å²) in [5.41, 5.74) is 2.44. The first-order chi connectivity index (χ1) is 10.5. The Morgan fingerprint density at radius 3 is 2.35 bits per heavy atom. The van der Waals surface area contributed by atoms with E-state index in [-0.39, 0.29) is 23.2 Å². The molecule has 3 heteroatoms. The SMILES string of the molecule is CC(C)=CC(C)(C(=O)OC1Cc2ccc(O)cc2C1)C(C)(C)C. The number of phenolic OH excluding ortho intramolecular Hbond substituents is 1. The van der Waals surface area contributed by atoms with Gasteiger partial charge in [-0.25, -0.2) is 0 Å². The van der Waals surface area contributed by atoms with Crippen LogP contribution in [0.2, 0.25) is 0 Å². The number of hydrogen-bond acceptors (Lipinski definition) is 3. The van der Waals surface area contributed by atoms with Crippen molar-refractivity contribution in [2.75, 3.05) is 0 Å². The molecule has 2 atom stereocenters.